The Morgan fingerprint density at radius 2 is 1.95 bits per heavy atom. The SMILES string of the molecule is COC(=O)CCc1ccc(N2C[C@@H]3C[C@H]2C[C@H]3OCc2c(C3CC3)cnn2-c2c(Cl)cccc2Cl)cc1F. The van der Waals surface area contributed by atoms with E-state index >= 15 is 0 Å². The lowest BCUT2D eigenvalue weighted by Crippen LogP contribution is -2.38. The van der Waals surface area contributed by atoms with Gasteiger partial charge in [0.05, 0.1) is 41.8 Å². The Labute approximate surface area is 231 Å². The van der Waals surface area contributed by atoms with E-state index in [4.69, 9.17) is 27.9 Å². The number of piperidine rings is 1. The van der Waals surface area contributed by atoms with E-state index in [9.17, 15) is 9.18 Å². The van der Waals surface area contributed by atoms with Crippen LogP contribution in [0.4, 0.5) is 10.1 Å². The number of aryl methyl sites for hydroxylation is 1. The summed E-state index contributed by atoms with van der Waals surface area (Å²) in [5, 5.41) is 5.77. The second kappa shape index (κ2) is 10.5. The van der Waals surface area contributed by atoms with Gasteiger partial charge in [0, 0.05) is 30.6 Å². The van der Waals surface area contributed by atoms with Crippen molar-refractivity contribution in [3.05, 3.63) is 75.3 Å². The summed E-state index contributed by atoms with van der Waals surface area (Å²) < 4.78 is 27.8. The summed E-state index contributed by atoms with van der Waals surface area (Å²) in [4.78, 5) is 13.7. The Bertz CT molecular complexity index is 1340. The van der Waals surface area contributed by atoms with E-state index in [1.807, 2.05) is 35.1 Å². The first-order valence-electron chi connectivity index (χ1n) is 13.2. The fraction of sp³-hybridized carbons (Fsp3) is 0.448. The van der Waals surface area contributed by atoms with Crippen LogP contribution in [-0.4, -0.2) is 41.6 Å². The first-order chi connectivity index (χ1) is 18.4. The summed E-state index contributed by atoms with van der Waals surface area (Å²) in [5.74, 6) is 0.288. The molecule has 0 amide bonds. The van der Waals surface area contributed by atoms with Crippen LogP contribution in [0.1, 0.15) is 54.8 Å². The van der Waals surface area contributed by atoms with Crippen molar-refractivity contribution in [3.63, 3.8) is 0 Å². The lowest BCUT2D eigenvalue weighted by Gasteiger charge is -2.33. The number of hydrogen-bond donors (Lipinski definition) is 0. The topological polar surface area (TPSA) is 56.6 Å². The zero-order valence-corrected chi connectivity index (χ0v) is 22.7. The quantitative estimate of drug-likeness (QED) is 0.281. The molecule has 38 heavy (non-hydrogen) atoms. The van der Waals surface area contributed by atoms with Crippen LogP contribution >= 0.6 is 23.2 Å². The van der Waals surface area contributed by atoms with Crippen LogP contribution < -0.4 is 4.90 Å². The number of carbonyl (C=O) groups is 1. The van der Waals surface area contributed by atoms with Gasteiger partial charge < -0.3 is 14.4 Å². The lowest BCUT2D eigenvalue weighted by molar-refractivity contribution is -0.140. The Kier molecular flexibility index (Phi) is 7.10. The van der Waals surface area contributed by atoms with Crippen molar-refractivity contribution in [2.75, 3.05) is 18.6 Å². The molecular weight excluding hydrogens is 528 g/mol. The number of halogens is 3. The molecule has 200 valence electrons. The van der Waals surface area contributed by atoms with Crippen molar-refractivity contribution in [3.8, 4) is 5.69 Å². The van der Waals surface area contributed by atoms with Gasteiger partial charge in [0.15, 0.2) is 0 Å². The minimum Gasteiger partial charge on any atom is -0.469 e. The Balaban J connectivity index is 1.13. The van der Waals surface area contributed by atoms with Crippen molar-refractivity contribution >= 4 is 34.9 Å². The molecule has 1 saturated heterocycles. The van der Waals surface area contributed by atoms with Gasteiger partial charge in [0.25, 0.3) is 0 Å². The van der Waals surface area contributed by atoms with Crippen LogP contribution in [0.15, 0.2) is 42.6 Å². The van der Waals surface area contributed by atoms with E-state index in [-0.39, 0.29) is 24.3 Å². The third-order valence-corrected chi connectivity index (χ3v) is 8.78. The molecule has 0 radical (unpaired) electrons. The van der Waals surface area contributed by atoms with Gasteiger partial charge in [-0.25, -0.2) is 9.07 Å². The minimum atomic E-state index is -0.335. The fourth-order valence-corrected chi connectivity index (χ4v) is 6.58. The van der Waals surface area contributed by atoms with Crippen LogP contribution in [0.5, 0.6) is 0 Å². The fourth-order valence-electron chi connectivity index (χ4n) is 6.02. The van der Waals surface area contributed by atoms with Crippen molar-refractivity contribution in [2.45, 2.75) is 63.2 Å². The summed E-state index contributed by atoms with van der Waals surface area (Å²) in [6.07, 6.45) is 6.83. The first-order valence-corrected chi connectivity index (χ1v) is 13.9. The van der Waals surface area contributed by atoms with E-state index < -0.39 is 0 Å². The van der Waals surface area contributed by atoms with Crippen molar-refractivity contribution in [2.24, 2.45) is 5.92 Å². The van der Waals surface area contributed by atoms with Gasteiger partial charge in [-0.15, -0.1) is 0 Å². The molecule has 3 aliphatic rings. The molecular formula is C29H30Cl2FN3O3. The highest BCUT2D eigenvalue weighted by atomic mass is 35.5. The van der Waals surface area contributed by atoms with Crippen LogP contribution in [0.2, 0.25) is 10.0 Å². The number of fused-ring (bicyclic) bond motifs is 2. The molecule has 2 saturated carbocycles. The smallest absolute Gasteiger partial charge is 0.305 e. The maximum atomic E-state index is 14.8. The molecule has 2 aliphatic carbocycles. The van der Waals surface area contributed by atoms with Crippen LogP contribution in [0.25, 0.3) is 5.69 Å². The van der Waals surface area contributed by atoms with Crippen molar-refractivity contribution in [1.82, 2.24) is 9.78 Å². The van der Waals surface area contributed by atoms with Gasteiger partial charge in [0.1, 0.15) is 11.5 Å². The predicted molar refractivity (Wildman–Crippen MR) is 145 cm³/mol. The molecule has 2 heterocycles. The number of para-hydroxylation sites is 1. The van der Waals surface area contributed by atoms with Crippen molar-refractivity contribution in [1.29, 1.82) is 0 Å². The normalized spacial score (nSPS) is 22.3. The summed E-state index contributed by atoms with van der Waals surface area (Å²) in [7, 11) is 1.34. The van der Waals surface area contributed by atoms with E-state index in [0.29, 0.717) is 52.2 Å². The highest BCUT2D eigenvalue weighted by Gasteiger charge is 2.45. The summed E-state index contributed by atoms with van der Waals surface area (Å²) >= 11 is 13.0. The molecule has 1 aromatic heterocycles. The average molecular weight is 558 g/mol. The Morgan fingerprint density at radius 3 is 2.61 bits per heavy atom. The second-order valence-electron chi connectivity index (χ2n) is 10.5. The summed E-state index contributed by atoms with van der Waals surface area (Å²) in [5.41, 5.74) is 4.35. The highest BCUT2D eigenvalue weighted by Crippen LogP contribution is 2.45. The molecule has 9 heteroatoms. The molecule has 6 nitrogen and oxygen atoms in total. The number of carbonyl (C=O) groups excluding carboxylic acids is 1. The van der Waals surface area contributed by atoms with E-state index in [1.54, 1.807) is 12.1 Å². The van der Waals surface area contributed by atoms with E-state index in [2.05, 4.69) is 14.7 Å². The van der Waals surface area contributed by atoms with E-state index in [1.165, 1.54) is 12.7 Å². The largest absolute Gasteiger partial charge is 0.469 e. The van der Waals surface area contributed by atoms with Crippen LogP contribution in [0, 0.1) is 11.7 Å². The molecule has 3 fully saturated rings. The van der Waals surface area contributed by atoms with Gasteiger partial charge >= 0.3 is 5.97 Å². The lowest BCUT2D eigenvalue weighted by atomic mass is 10.0. The Morgan fingerprint density at radius 1 is 1.16 bits per heavy atom. The van der Waals surface area contributed by atoms with Gasteiger partial charge in [0.2, 0.25) is 0 Å². The zero-order valence-electron chi connectivity index (χ0n) is 21.2. The molecule has 0 unspecified atom stereocenters. The van der Waals surface area contributed by atoms with E-state index in [0.717, 1.165) is 43.6 Å². The third kappa shape index (κ3) is 4.92. The number of ether oxygens (including phenoxy) is 2. The van der Waals surface area contributed by atoms with Crippen molar-refractivity contribution < 1.29 is 18.7 Å². The number of esters is 1. The summed E-state index contributed by atoms with van der Waals surface area (Å²) in [6.45, 7) is 1.28. The molecule has 3 aromatic rings. The molecule has 0 N–H and O–H groups in total. The minimum absolute atomic E-state index is 0.137. The number of aromatic nitrogens is 2. The zero-order chi connectivity index (χ0) is 26.4. The molecule has 6 rings (SSSR count). The van der Waals surface area contributed by atoms with Gasteiger partial charge in [-0.3, -0.25) is 4.79 Å². The third-order valence-electron chi connectivity index (χ3n) is 8.17. The predicted octanol–water partition coefficient (Wildman–Crippen LogP) is 6.49. The van der Waals surface area contributed by atoms with Crippen LogP contribution in [0.3, 0.4) is 0 Å². The standard InChI is InChI=1S/C29H30Cl2FN3O3/c1-37-28(36)10-8-18-7-9-20(12-25(18)32)34-15-19-11-21(34)13-27(19)38-16-26-22(17-5-6-17)14-33-35(26)29-23(30)3-2-4-24(29)31/h2-4,7,9,12,14,17,19,21,27H,5-6,8,10-11,13,15-16H2,1H3/t19-,21-,27+/m0/s1. The number of rotatable bonds is 9. The number of nitrogens with zero attached hydrogens (tertiary/aromatic N) is 3. The van der Waals surface area contributed by atoms with Gasteiger partial charge in [-0.05, 0) is 73.4 Å². The van der Waals surface area contributed by atoms with Gasteiger partial charge in [-0.2, -0.15) is 5.10 Å². The van der Waals surface area contributed by atoms with Gasteiger partial charge in [-0.1, -0.05) is 35.3 Å². The maximum Gasteiger partial charge on any atom is 0.305 e. The number of benzene rings is 2. The molecule has 1 aliphatic heterocycles. The van der Waals surface area contributed by atoms with Crippen LogP contribution in [-0.2, 0) is 27.3 Å². The maximum absolute atomic E-state index is 14.8. The molecule has 2 aromatic carbocycles. The second-order valence-corrected chi connectivity index (χ2v) is 11.4. The Hall–Kier alpha value is -2.61. The highest BCUT2D eigenvalue weighted by molar-refractivity contribution is 6.37. The molecule has 0 spiro atoms. The number of hydrogen-bond acceptors (Lipinski definition) is 5. The molecule has 3 atom stereocenters. The number of methoxy groups -OCH3 is 1. The first kappa shape index (κ1) is 25.7. The monoisotopic (exact) mass is 557 g/mol. The average Bonchev–Trinajstić information content (AvgIpc) is 3.36. The summed E-state index contributed by atoms with van der Waals surface area (Å²) in [6, 6.07) is 11.1. The number of anilines is 1. The molecule has 2 bridgehead atoms.